The van der Waals surface area contributed by atoms with E-state index in [1.54, 1.807) is 0 Å². The molecule has 8 saturated heterocycles. The van der Waals surface area contributed by atoms with Crippen LogP contribution < -0.4 is 0 Å². The number of rotatable bonds is 25. The lowest BCUT2D eigenvalue weighted by atomic mass is 9.70. The fraction of sp³-hybridized carbons (Fsp3) is 0.918. The van der Waals surface area contributed by atoms with Crippen molar-refractivity contribution in [1.29, 1.82) is 0 Å². The Bertz CT molecular complexity index is 2900. The summed E-state index contributed by atoms with van der Waals surface area (Å²) in [5, 5.41) is 27.1. The Morgan fingerprint density at radius 1 is 0.314 bits per heavy atom. The molecular formula is C97H164O21. The predicted octanol–water partition coefficient (Wildman–Crippen LogP) is 20.3. The lowest BCUT2D eigenvalue weighted by Crippen LogP contribution is -2.36. The molecule has 21 nitrogen and oxygen atoms in total. The minimum absolute atomic E-state index is 0.00782. The van der Waals surface area contributed by atoms with Gasteiger partial charge in [-0.05, 0) is 245 Å². The molecule has 15 fully saturated rings. The number of hydrogen-bond donors (Lipinski definition) is 3. The summed E-state index contributed by atoms with van der Waals surface area (Å²) in [7, 11) is 0. The summed E-state index contributed by atoms with van der Waals surface area (Å²) < 4.78 is 56.0. The zero-order chi connectivity index (χ0) is 86.5. The third-order valence-electron chi connectivity index (χ3n) is 32.1. The summed E-state index contributed by atoms with van der Waals surface area (Å²) in [5.74, 6) is 5.99. The van der Waals surface area contributed by atoms with E-state index in [2.05, 4.69) is 111 Å². The molecule has 0 aromatic rings. The van der Waals surface area contributed by atoms with Gasteiger partial charge in [0, 0.05) is 17.8 Å². The van der Waals surface area contributed by atoms with Crippen LogP contribution in [0.4, 0.5) is 0 Å². The fourth-order valence-electron chi connectivity index (χ4n) is 24.9. The van der Waals surface area contributed by atoms with Crippen LogP contribution in [-0.2, 0) is 85.7 Å². The van der Waals surface area contributed by atoms with E-state index in [1.807, 2.05) is 13.8 Å². The number of carboxylic acids is 3. The van der Waals surface area contributed by atoms with Crippen molar-refractivity contribution < 1.29 is 101 Å². The highest BCUT2D eigenvalue weighted by atomic mass is 16.6. The zero-order valence-corrected chi connectivity index (χ0v) is 76.5. The molecule has 8 heterocycles. The monoisotopic (exact) mass is 1670 g/mol. The molecule has 31 unspecified atom stereocenters. The van der Waals surface area contributed by atoms with E-state index in [0.717, 1.165) is 190 Å². The van der Waals surface area contributed by atoms with E-state index < -0.39 is 17.9 Å². The van der Waals surface area contributed by atoms with E-state index in [1.165, 1.54) is 64.2 Å². The Labute approximate surface area is 711 Å². The fourth-order valence-corrected chi connectivity index (χ4v) is 24.9. The van der Waals surface area contributed by atoms with E-state index >= 15 is 0 Å². The van der Waals surface area contributed by atoms with Gasteiger partial charge in [-0.2, -0.15) is 0 Å². The maximum absolute atomic E-state index is 12.6. The van der Waals surface area contributed by atoms with Crippen LogP contribution in [0.25, 0.3) is 0 Å². The lowest BCUT2D eigenvalue weighted by molar-refractivity contribution is -0.167. The van der Waals surface area contributed by atoms with Gasteiger partial charge in [-0.25, -0.2) is 0 Å². The Morgan fingerprint density at radius 2 is 0.653 bits per heavy atom. The molecule has 7 aliphatic carbocycles. The third-order valence-corrected chi connectivity index (χ3v) is 32.1. The Morgan fingerprint density at radius 3 is 0.975 bits per heavy atom. The summed E-state index contributed by atoms with van der Waals surface area (Å²) in [6.07, 6.45) is 38.2. The van der Waals surface area contributed by atoms with Gasteiger partial charge >= 0.3 is 47.8 Å². The topological polar surface area (TPSA) is 290 Å². The van der Waals surface area contributed by atoms with Crippen LogP contribution in [0, 0.1) is 124 Å². The maximum atomic E-state index is 12.6. The molecular weight excluding hydrogens is 1500 g/mol. The molecule has 15 rings (SSSR count). The van der Waals surface area contributed by atoms with Crippen LogP contribution in [0.2, 0.25) is 0 Å². The van der Waals surface area contributed by atoms with Crippen LogP contribution in [0.5, 0.6) is 0 Å². The highest BCUT2D eigenvalue weighted by Gasteiger charge is 2.62. The molecule has 118 heavy (non-hydrogen) atoms. The largest absolute Gasteiger partial charge is 0.481 e. The molecule has 2 bridgehead atoms. The number of carboxylic acid groups (broad SMARTS) is 3. The van der Waals surface area contributed by atoms with Gasteiger partial charge in [0.15, 0.2) is 0 Å². The normalized spacial score (nSPS) is 39.8. The van der Waals surface area contributed by atoms with Gasteiger partial charge in [0.05, 0.1) is 128 Å². The highest BCUT2D eigenvalue weighted by Crippen LogP contribution is 2.66. The van der Waals surface area contributed by atoms with Crippen LogP contribution >= 0.6 is 0 Å². The van der Waals surface area contributed by atoms with Crippen molar-refractivity contribution in [3.05, 3.63) is 0 Å². The molecule has 3 N–H and O–H groups in total. The Hall–Kier alpha value is -4.44. The van der Waals surface area contributed by atoms with Crippen molar-refractivity contribution in [1.82, 2.24) is 0 Å². The summed E-state index contributed by atoms with van der Waals surface area (Å²) >= 11 is 0. The second-order valence-corrected chi connectivity index (χ2v) is 38.1. The number of ether oxygens (including phenoxy) is 10. The third kappa shape index (κ3) is 23.6. The molecule has 15 aliphatic rings. The average molecular weight is 1670 g/mol. The summed E-state index contributed by atoms with van der Waals surface area (Å²) in [5.41, 5.74) is -0.278. The molecule has 21 heteroatoms. The van der Waals surface area contributed by atoms with E-state index in [9.17, 15) is 43.5 Å². The summed E-state index contributed by atoms with van der Waals surface area (Å²) in [6, 6.07) is 0. The van der Waals surface area contributed by atoms with Gasteiger partial charge in [0.1, 0.15) is 11.2 Å². The summed E-state index contributed by atoms with van der Waals surface area (Å²) in [6.45, 7) is 40.0. The minimum atomic E-state index is -0.710. The Kier molecular flexibility index (Phi) is 39.5. The number of carbonyl (C=O) groups excluding carboxylic acids is 5. The van der Waals surface area contributed by atoms with Crippen LogP contribution in [0.15, 0.2) is 0 Å². The van der Waals surface area contributed by atoms with Gasteiger partial charge in [-0.1, -0.05) is 163 Å². The Balaban J connectivity index is 0.000000169. The van der Waals surface area contributed by atoms with Crippen molar-refractivity contribution in [2.75, 3.05) is 19.8 Å². The molecule has 7 saturated carbocycles. The maximum Gasteiger partial charge on any atom is 0.312 e. The van der Waals surface area contributed by atoms with Gasteiger partial charge in [-0.15, -0.1) is 0 Å². The van der Waals surface area contributed by atoms with Crippen molar-refractivity contribution in [3.63, 3.8) is 0 Å². The van der Waals surface area contributed by atoms with Crippen LogP contribution in [0.3, 0.4) is 0 Å². The number of aliphatic carboxylic acids is 3. The number of esters is 5. The summed E-state index contributed by atoms with van der Waals surface area (Å²) in [4.78, 5) is 92.1. The van der Waals surface area contributed by atoms with Crippen molar-refractivity contribution >= 4 is 47.8 Å². The molecule has 0 amide bonds. The molecule has 0 spiro atoms. The number of fused-ring (bicyclic) bond motifs is 8. The first kappa shape index (κ1) is 99.0. The van der Waals surface area contributed by atoms with Crippen molar-refractivity contribution in [2.45, 2.75) is 422 Å². The zero-order valence-electron chi connectivity index (χ0n) is 76.5. The highest BCUT2D eigenvalue weighted by molar-refractivity contribution is 5.78. The number of hydrogen-bond acceptors (Lipinski definition) is 18. The molecule has 8 aliphatic heterocycles. The SMILES string of the molecule is CCC1CC(C(=O)O)C(CC)O1.CCC1CC(C(=O)OC2(CC)CCCC2)C(CC)O1.CCC1CC(CC)C(C(=O)O)C1.CCC1CC(CC)C(C(=O)OC2(CC)CCCC2)C1.CCC1CC(CC)C2C3CC(CC3C(=O)O)C12.CCC1OC(CC)C2C(=O)OCC12.CCC1OC(CC)C2C(=O)OCC12.CCC1OC(CC)C2C(=O)OCC12. The second-order valence-electron chi connectivity index (χ2n) is 38.1. The van der Waals surface area contributed by atoms with E-state index in [-0.39, 0.29) is 149 Å². The first-order chi connectivity index (χ1) is 56.6. The quantitative estimate of drug-likeness (QED) is 0.0565. The first-order valence-corrected chi connectivity index (χ1v) is 48.6. The first-order valence-electron chi connectivity index (χ1n) is 48.6. The van der Waals surface area contributed by atoms with E-state index in [0.29, 0.717) is 67.7 Å². The molecule has 678 valence electrons. The van der Waals surface area contributed by atoms with Crippen LogP contribution in [-0.4, -0.2) is 155 Å². The van der Waals surface area contributed by atoms with Gasteiger partial charge in [0.25, 0.3) is 0 Å². The molecule has 0 aromatic carbocycles. The smallest absolute Gasteiger partial charge is 0.312 e. The van der Waals surface area contributed by atoms with Crippen LogP contribution in [0.1, 0.15) is 349 Å². The number of cyclic esters (lactones) is 3. The second kappa shape index (κ2) is 47.0. The average Bonchev–Trinajstić information content (AvgIpc) is 1.56. The molecule has 31 atom stereocenters. The van der Waals surface area contributed by atoms with Crippen molar-refractivity contribution in [2.24, 2.45) is 124 Å². The van der Waals surface area contributed by atoms with E-state index in [4.69, 9.17) is 57.6 Å². The molecule has 0 radical (unpaired) electrons. The number of carbonyl (C=O) groups is 8. The standard InChI is InChI=1S/C17H30O2.C16H28O3.C15H24O2.3C10H16O3.C10H18O2.C9H16O3/c1-4-13-11-14(5-2)15(12-13)16(18)19-17(6-3)9-7-8-10-17;1-4-12-11-13(14(5-2)18-12)15(17)19-16(6-3)9-7-8-10-16;1-3-8-5-9(4-2)14-11-6-10(13(8)14)7-12(11)15(16)17;3*1-3-7-6-5-12-10(11)9(6)8(4-2)13-7;1-3-7-5-8(4-2)9(6-7)10(11)12;1-3-6-5-7(9(10)11)8(4-2)12-6/h13-15H,4-12H2,1-3H3;12-14H,4-11H2,1-3H3;8-14H,3-7H2,1-2H3,(H,16,17);3*6-9H,3-5H2,1-2H3;7-9H,3-6H2,1-2H3,(H,11,12);6-8H,3-5H2,1-2H3,(H,10,11). The lowest BCUT2D eigenvalue weighted by Gasteiger charge is -2.34. The molecule has 0 aromatic heterocycles. The predicted molar refractivity (Wildman–Crippen MR) is 454 cm³/mol. The van der Waals surface area contributed by atoms with Gasteiger partial charge in [-0.3, -0.25) is 38.4 Å². The van der Waals surface area contributed by atoms with Gasteiger partial charge < -0.3 is 62.7 Å². The van der Waals surface area contributed by atoms with Crippen molar-refractivity contribution in [3.8, 4) is 0 Å². The van der Waals surface area contributed by atoms with Gasteiger partial charge in [0.2, 0.25) is 0 Å². The minimum Gasteiger partial charge on any atom is -0.481 e.